The molecule has 1 saturated heterocycles. The van der Waals surface area contributed by atoms with Gasteiger partial charge in [-0.2, -0.15) is 12.6 Å². The molecule has 1 amide bonds. The number of thiol groups is 1. The quantitative estimate of drug-likeness (QED) is 0.459. The van der Waals surface area contributed by atoms with Crippen LogP contribution in [-0.4, -0.2) is 61.7 Å². The zero-order chi connectivity index (χ0) is 14.8. The Morgan fingerprint density at radius 2 is 1.95 bits per heavy atom. The molecule has 1 aliphatic heterocycles. The minimum Gasteiger partial charge on any atom is -0.444 e. The summed E-state index contributed by atoms with van der Waals surface area (Å²) < 4.78 is 4.65. The second kappa shape index (κ2) is 6.53. The number of alkyl carbamates (subject to hydrolysis) is 1. The van der Waals surface area contributed by atoms with Gasteiger partial charge >= 0.3 is 6.09 Å². The molecule has 8 heteroatoms. The lowest BCUT2D eigenvalue weighted by Crippen LogP contribution is -2.59. The molecule has 6 nitrogen and oxygen atoms in total. The van der Waals surface area contributed by atoms with Crippen molar-refractivity contribution in [2.45, 2.75) is 54.5 Å². The van der Waals surface area contributed by atoms with Crippen LogP contribution in [-0.2, 0) is 4.74 Å². The standard InChI is InChI=1S/C11H21NO5S2/c1-11(2,3)17-10(16)12-6-8(15)7(14)5(4-13)19-9(6)18/h5-9,13-15,18H,4H2,1-3H3,(H,12,16)/t5-,6-,7-,8-,9+/m1/s1. The van der Waals surface area contributed by atoms with Gasteiger partial charge in [-0.15, -0.1) is 11.8 Å². The Kier molecular flexibility index (Phi) is 5.81. The number of carbonyl (C=O) groups excluding carboxylic acids is 1. The first kappa shape index (κ1) is 16.9. The number of carbonyl (C=O) groups is 1. The van der Waals surface area contributed by atoms with E-state index in [0.717, 1.165) is 0 Å². The number of thioether (sulfide) groups is 1. The van der Waals surface area contributed by atoms with Crippen molar-refractivity contribution < 1.29 is 24.9 Å². The lowest BCUT2D eigenvalue weighted by atomic mass is 10.0. The van der Waals surface area contributed by atoms with E-state index < -0.39 is 39.8 Å². The fourth-order valence-electron chi connectivity index (χ4n) is 1.70. The van der Waals surface area contributed by atoms with Crippen molar-refractivity contribution in [1.82, 2.24) is 5.32 Å². The minimum absolute atomic E-state index is 0.265. The molecule has 0 saturated carbocycles. The van der Waals surface area contributed by atoms with E-state index in [-0.39, 0.29) is 6.61 Å². The summed E-state index contributed by atoms with van der Waals surface area (Å²) >= 11 is 5.47. The minimum atomic E-state index is -1.20. The molecule has 1 heterocycles. The molecule has 4 N–H and O–H groups in total. The first-order valence-electron chi connectivity index (χ1n) is 5.95. The smallest absolute Gasteiger partial charge is 0.408 e. The number of rotatable bonds is 2. The van der Waals surface area contributed by atoms with Crippen LogP contribution in [0.5, 0.6) is 0 Å². The molecular weight excluding hydrogens is 290 g/mol. The Balaban J connectivity index is 2.65. The Labute approximate surface area is 122 Å². The molecule has 112 valence electrons. The van der Waals surface area contributed by atoms with Gasteiger partial charge in [-0.25, -0.2) is 4.79 Å². The Morgan fingerprint density at radius 3 is 2.42 bits per heavy atom. The van der Waals surface area contributed by atoms with Crippen LogP contribution in [0.4, 0.5) is 4.79 Å². The fourth-order valence-corrected chi connectivity index (χ4v) is 3.58. The number of ether oxygens (including phenoxy) is 1. The third-order valence-corrected chi connectivity index (χ3v) is 4.62. The van der Waals surface area contributed by atoms with Crippen LogP contribution in [0.25, 0.3) is 0 Å². The normalized spacial score (nSPS) is 35.8. The van der Waals surface area contributed by atoms with E-state index >= 15 is 0 Å². The largest absolute Gasteiger partial charge is 0.444 e. The lowest BCUT2D eigenvalue weighted by molar-refractivity contribution is -0.0171. The predicted octanol–water partition coefficient (Wildman–Crippen LogP) is -0.0349. The molecule has 0 bridgehead atoms. The number of amides is 1. The van der Waals surface area contributed by atoms with Crippen molar-refractivity contribution in [3.63, 3.8) is 0 Å². The highest BCUT2D eigenvalue weighted by Crippen LogP contribution is 2.34. The Hall–Kier alpha value is -0.150. The fraction of sp³-hybridized carbons (Fsp3) is 0.909. The monoisotopic (exact) mass is 311 g/mol. The van der Waals surface area contributed by atoms with Gasteiger partial charge in [0, 0.05) is 0 Å². The van der Waals surface area contributed by atoms with Gasteiger partial charge in [0.25, 0.3) is 0 Å². The molecule has 1 rings (SSSR count). The number of hydrogen-bond donors (Lipinski definition) is 5. The highest BCUT2D eigenvalue weighted by Gasteiger charge is 2.43. The summed E-state index contributed by atoms with van der Waals surface area (Å²) in [7, 11) is 0. The molecule has 0 aromatic rings. The molecule has 0 aromatic heterocycles. The molecular formula is C11H21NO5S2. The topological polar surface area (TPSA) is 99.0 Å². The van der Waals surface area contributed by atoms with E-state index in [9.17, 15) is 15.0 Å². The van der Waals surface area contributed by atoms with Crippen LogP contribution in [0, 0.1) is 0 Å². The SMILES string of the molecule is CC(C)(C)OC(=O)N[C@@H]1[C@@H](O)[C@H](O)[C@@H](CO)S[C@@H]1S. The summed E-state index contributed by atoms with van der Waals surface area (Å²) in [4.78, 5) is 11.7. The summed E-state index contributed by atoms with van der Waals surface area (Å²) in [5.41, 5.74) is -0.644. The molecule has 0 spiro atoms. The molecule has 1 aliphatic rings. The predicted molar refractivity (Wildman–Crippen MR) is 76.4 cm³/mol. The average molecular weight is 311 g/mol. The number of aliphatic hydroxyl groups excluding tert-OH is 3. The molecule has 19 heavy (non-hydrogen) atoms. The summed E-state index contributed by atoms with van der Waals surface area (Å²) in [5.74, 6) is 0. The number of nitrogens with one attached hydrogen (secondary N) is 1. The zero-order valence-electron chi connectivity index (χ0n) is 11.1. The van der Waals surface area contributed by atoms with Gasteiger partial charge in [0.2, 0.25) is 0 Å². The van der Waals surface area contributed by atoms with Crippen LogP contribution in [0.3, 0.4) is 0 Å². The second-order valence-corrected chi connectivity index (χ2v) is 7.69. The van der Waals surface area contributed by atoms with Gasteiger partial charge in [-0.3, -0.25) is 0 Å². The van der Waals surface area contributed by atoms with Gasteiger partial charge in [-0.1, -0.05) is 0 Å². The highest BCUT2D eigenvalue weighted by atomic mass is 32.2. The molecule has 5 atom stereocenters. The van der Waals surface area contributed by atoms with Crippen molar-refractivity contribution in [1.29, 1.82) is 0 Å². The molecule has 0 aliphatic carbocycles. The van der Waals surface area contributed by atoms with E-state index in [1.165, 1.54) is 11.8 Å². The van der Waals surface area contributed by atoms with E-state index in [4.69, 9.17) is 9.84 Å². The van der Waals surface area contributed by atoms with Crippen LogP contribution in [0.1, 0.15) is 20.8 Å². The van der Waals surface area contributed by atoms with Crippen molar-refractivity contribution >= 4 is 30.5 Å². The molecule has 0 unspecified atom stereocenters. The first-order valence-corrected chi connectivity index (χ1v) is 7.41. The number of hydrogen-bond acceptors (Lipinski definition) is 7. The van der Waals surface area contributed by atoms with E-state index in [0.29, 0.717) is 0 Å². The first-order chi connectivity index (χ1) is 8.65. The molecule has 1 fully saturated rings. The van der Waals surface area contributed by atoms with Crippen LogP contribution >= 0.6 is 24.4 Å². The van der Waals surface area contributed by atoms with E-state index in [2.05, 4.69) is 17.9 Å². The van der Waals surface area contributed by atoms with Gasteiger partial charge in [0.05, 0.1) is 28.6 Å². The summed E-state index contributed by atoms with van der Waals surface area (Å²) in [6.45, 7) is 4.92. The Bertz CT molecular complexity index is 323. The van der Waals surface area contributed by atoms with Gasteiger partial charge in [0.1, 0.15) is 11.7 Å². The van der Waals surface area contributed by atoms with Crippen molar-refractivity contribution in [2.24, 2.45) is 0 Å². The maximum atomic E-state index is 11.7. The van der Waals surface area contributed by atoms with Gasteiger partial charge < -0.3 is 25.4 Å². The van der Waals surface area contributed by atoms with Crippen LogP contribution in [0.2, 0.25) is 0 Å². The second-order valence-electron chi connectivity index (χ2n) is 5.40. The maximum absolute atomic E-state index is 11.7. The summed E-state index contributed by atoms with van der Waals surface area (Å²) in [5, 5.41) is 30.8. The maximum Gasteiger partial charge on any atom is 0.408 e. The van der Waals surface area contributed by atoms with Gasteiger partial charge in [-0.05, 0) is 20.8 Å². The van der Waals surface area contributed by atoms with Crippen LogP contribution in [0.15, 0.2) is 0 Å². The summed E-state index contributed by atoms with van der Waals surface area (Å²) in [6.07, 6.45) is -3.00. The highest BCUT2D eigenvalue weighted by molar-refractivity contribution is 8.10. The third kappa shape index (κ3) is 4.71. The van der Waals surface area contributed by atoms with E-state index in [1.54, 1.807) is 20.8 Å². The van der Waals surface area contributed by atoms with Crippen molar-refractivity contribution in [3.05, 3.63) is 0 Å². The number of aliphatic hydroxyl groups is 3. The van der Waals surface area contributed by atoms with Crippen molar-refractivity contribution in [2.75, 3.05) is 6.61 Å². The van der Waals surface area contributed by atoms with Crippen molar-refractivity contribution in [3.8, 4) is 0 Å². The molecule has 0 aromatic carbocycles. The summed E-state index contributed by atoms with van der Waals surface area (Å²) in [6, 6.07) is -0.749. The third-order valence-electron chi connectivity index (χ3n) is 2.58. The van der Waals surface area contributed by atoms with Crippen LogP contribution < -0.4 is 5.32 Å². The Morgan fingerprint density at radius 1 is 1.37 bits per heavy atom. The van der Waals surface area contributed by atoms with Gasteiger partial charge in [0.15, 0.2) is 0 Å². The van der Waals surface area contributed by atoms with E-state index in [1.807, 2.05) is 0 Å². The lowest BCUT2D eigenvalue weighted by Gasteiger charge is -2.40. The zero-order valence-corrected chi connectivity index (χ0v) is 12.8. The molecule has 0 radical (unpaired) electrons. The average Bonchev–Trinajstić information content (AvgIpc) is 2.27.